The highest BCUT2D eigenvalue weighted by molar-refractivity contribution is 5.78. The van der Waals surface area contributed by atoms with Crippen molar-refractivity contribution < 1.29 is 19.4 Å². The second-order valence-electron chi connectivity index (χ2n) is 8.23. The van der Waals surface area contributed by atoms with Gasteiger partial charge in [0.1, 0.15) is 5.75 Å². The maximum atomic E-state index is 12.5. The Hall–Kier alpha value is -1.63. The fourth-order valence-corrected chi connectivity index (χ4v) is 4.64. The lowest BCUT2D eigenvalue weighted by Gasteiger charge is -2.46. The molecule has 1 heterocycles. The molecule has 0 spiro atoms. The number of likely N-dealkylation sites (tertiary alicyclic amines) is 1. The third kappa shape index (κ3) is 4.85. The van der Waals surface area contributed by atoms with Crippen molar-refractivity contribution in [3.05, 3.63) is 29.3 Å². The molecule has 0 aromatic heterocycles. The first-order chi connectivity index (χ1) is 13.5. The van der Waals surface area contributed by atoms with Crippen LogP contribution in [0.3, 0.4) is 0 Å². The minimum atomic E-state index is -0.507. The van der Waals surface area contributed by atoms with Gasteiger partial charge in [-0.1, -0.05) is 12.1 Å². The van der Waals surface area contributed by atoms with E-state index in [1.165, 1.54) is 12.8 Å². The number of aromatic hydroxyl groups is 1. The molecule has 156 valence electrons. The van der Waals surface area contributed by atoms with Gasteiger partial charge in [-0.15, -0.1) is 0 Å². The van der Waals surface area contributed by atoms with Crippen LogP contribution in [0, 0.1) is 12.8 Å². The summed E-state index contributed by atoms with van der Waals surface area (Å²) in [4.78, 5) is 15.0. The van der Waals surface area contributed by atoms with Gasteiger partial charge >= 0.3 is 0 Å². The van der Waals surface area contributed by atoms with Gasteiger partial charge < -0.3 is 19.9 Å². The molecule has 1 saturated carbocycles. The van der Waals surface area contributed by atoms with Gasteiger partial charge in [0.25, 0.3) is 0 Å². The monoisotopic (exact) mass is 390 g/mol. The average Bonchev–Trinajstić information content (AvgIpc) is 3.24. The highest BCUT2D eigenvalue weighted by Gasteiger charge is 2.44. The molecule has 1 aromatic rings. The Bertz CT molecular complexity index is 669. The molecule has 6 heteroatoms. The standard InChI is InChI=1S/C22H34N2O4/c1-16-6-7-17(12-20(16)25)13-21(26)23-15-18-8-9-22(27-2,28-3)14-19(18)24-10-4-5-11-24/h6-7,12,18-19,25H,4-5,8-11,13-15H2,1-3H3,(H,23,26). The number of rotatable bonds is 7. The molecule has 0 radical (unpaired) electrons. The van der Waals surface area contributed by atoms with Crippen molar-refractivity contribution in [2.45, 2.75) is 57.3 Å². The summed E-state index contributed by atoms with van der Waals surface area (Å²) >= 11 is 0. The van der Waals surface area contributed by atoms with E-state index in [9.17, 15) is 9.90 Å². The first kappa shape index (κ1) is 21.1. The number of nitrogens with zero attached hydrogens (tertiary/aromatic N) is 1. The topological polar surface area (TPSA) is 71.0 Å². The van der Waals surface area contributed by atoms with E-state index in [-0.39, 0.29) is 18.1 Å². The van der Waals surface area contributed by atoms with Gasteiger partial charge in [-0.3, -0.25) is 9.69 Å². The summed E-state index contributed by atoms with van der Waals surface area (Å²) in [6, 6.07) is 5.78. The molecular weight excluding hydrogens is 356 g/mol. The molecule has 2 N–H and O–H groups in total. The van der Waals surface area contributed by atoms with Crippen LogP contribution >= 0.6 is 0 Å². The molecular formula is C22H34N2O4. The molecule has 1 saturated heterocycles. The number of amides is 1. The summed E-state index contributed by atoms with van der Waals surface area (Å²) in [5.41, 5.74) is 1.65. The van der Waals surface area contributed by atoms with Crippen molar-refractivity contribution in [3.63, 3.8) is 0 Å². The quantitative estimate of drug-likeness (QED) is 0.701. The highest BCUT2D eigenvalue weighted by atomic mass is 16.7. The predicted molar refractivity (Wildman–Crippen MR) is 108 cm³/mol. The minimum Gasteiger partial charge on any atom is -0.508 e. The van der Waals surface area contributed by atoms with Gasteiger partial charge in [-0.2, -0.15) is 0 Å². The van der Waals surface area contributed by atoms with Gasteiger partial charge in [-0.05, 0) is 62.4 Å². The van der Waals surface area contributed by atoms with E-state index < -0.39 is 5.79 Å². The SMILES string of the molecule is COC1(OC)CCC(CNC(=O)Cc2ccc(C)c(O)c2)C(N2CCCC2)C1. The van der Waals surface area contributed by atoms with Crippen LogP contribution in [0.2, 0.25) is 0 Å². The summed E-state index contributed by atoms with van der Waals surface area (Å²) in [5, 5.41) is 13.0. The van der Waals surface area contributed by atoms with Crippen LogP contribution in [0.4, 0.5) is 0 Å². The zero-order valence-electron chi connectivity index (χ0n) is 17.4. The first-order valence-corrected chi connectivity index (χ1v) is 10.4. The lowest BCUT2D eigenvalue weighted by Crippen LogP contribution is -2.53. The summed E-state index contributed by atoms with van der Waals surface area (Å²) in [5.74, 6) is 0.125. The maximum Gasteiger partial charge on any atom is 0.224 e. The fourth-order valence-electron chi connectivity index (χ4n) is 4.64. The van der Waals surface area contributed by atoms with Crippen molar-refractivity contribution in [1.29, 1.82) is 0 Å². The first-order valence-electron chi connectivity index (χ1n) is 10.4. The number of hydrogen-bond donors (Lipinski definition) is 2. The van der Waals surface area contributed by atoms with Crippen molar-refractivity contribution in [2.75, 3.05) is 33.9 Å². The van der Waals surface area contributed by atoms with Crippen LogP contribution in [-0.4, -0.2) is 61.6 Å². The van der Waals surface area contributed by atoms with Crippen LogP contribution in [0.1, 0.15) is 43.2 Å². The van der Waals surface area contributed by atoms with Crippen LogP contribution in [0.25, 0.3) is 0 Å². The lowest BCUT2D eigenvalue weighted by atomic mass is 9.79. The Morgan fingerprint density at radius 3 is 2.64 bits per heavy atom. The number of benzene rings is 1. The van der Waals surface area contributed by atoms with Crippen molar-refractivity contribution >= 4 is 5.91 Å². The summed E-state index contributed by atoms with van der Waals surface area (Å²) < 4.78 is 11.5. The zero-order valence-corrected chi connectivity index (χ0v) is 17.4. The second kappa shape index (κ2) is 9.25. The normalized spacial score (nSPS) is 25.0. The van der Waals surface area contributed by atoms with Gasteiger partial charge in [0.2, 0.25) is 5.91 Å². The largest absolute Gasteiger partial charge is 0.508 e. The average molecular weight is 391 g/mol. The number of aryl methyl sites for hydroxylation is 1. The number of nitrogens with one attached hydrogen (secondary N) is 1. The molecule has 1 aliphatic heterocycles. The molecule has 6 nitrogen and oxygen atoms in total. The molecule has 1 aromatic carbocycles. The molecule has 1 aliphatic carbocycles. The lowest BCUT2D eigenvalue weighted by molar-refractivity contribution is -0.238. The van der Waals surface area contributed by atoms with E-state index >= 15 is 0 Å². The number of ether oxygens (including phenoxy) is 2. The van der Waals surface area contributed by atoms with E-state index in [4.69, 9.17) is 9.47 Å². The van der Waals surface area contributed by atoms with E-state index in [1.54, 1.807) is 20.3 Å². The Morgan fingerprint density at radius 2 is 2.00 bits per heavy atom. The predicted octanol–water partition coefficient (Wildman–Crippen LogP) is 2.61. The third-order valence-corrected chi connectivity index (χ3v) is 6.51. The summed E-state index contributed by atoms with van der Waals surface area (Å²) in [6.07, 6.45) is 5.41. The highest BCUT2D eigenvalue weighted by Crippen LogP contribution is 2.38. The second-order valence-corrected chi connectivity index (χ2v) is 8.23. The van der Waals surface area contributed by atoms with Crippen molar-refractivity contribution in [2.24, 2.45) is 5.92 Å². The number of phenols is 1. The van der Waals surface area contributed by atoms with Crippen LogP contribution in [-0.2, 0) is 20.7 Å². The number of carbonyl (C=O) groups is 1. The van der Waals surface area contributed by atoms with Crippen LogP contribution in [0.15, 0.2) is 18.2 Å². The molecule has 28 heavy (non-hydrogen) atoms. The Balaban J connectivity index is 1.59. The molecule has 2 unspecified atom stereocenters. The number of methoxy groups -OCH3 is 2. The van der Waals surface area contributed by atoms with E-state index in [2.05, 4.69) is 10.2 Å². The molecule has 2 atom stereocenters. The number of hydrogen-bond acceptors (Lipinski definition) is 5. The molecule has 0 bridgehead atoms. The van der Waals surface area contributed by atoms with Crippen molar-refractivity contribution in [1.82, 2.24) is 10.2 Å². The smallest absolute Gasteiger partial charge is 0.224 e. The third-order valence-electron chi connectivity index (χ3n) is 6.51. The molecule has 2 aliphatic rings. The van der Waals surface area contributed by atoms with Gasteiger partial charge in [0.15, 0.2) is 5.79 Å². The maximum absolute atomic E-state index is 12.5. The fraction of sp³-hybridized carbons (Fsp3) is 0.682. The zero-order chi connectivity index (χ0) is 20.1. The van der Waals surface area contributed by atoms with Crippen LogP contribution in [0.5, 0.6) is 5.75 Å². The minimum absolute atomic E-state index is 0.00116. The molecule has 3 rings (SSSR count). The Kier molecular flexibility index (Phi) is 6.96. The number of carbonyl (C=O) groups excluding carboxylic acids is 1. The van der Waals surface area contributed by atoms with Crippen molar-refractivity contribution in [3.8, 4) is 5.75 Å². The van der Waals surface area contributed by atoms with E-state index in [0.717, 1.165) is 43.5 Å². The van der Waals surface area contributed by atoms with Gasteiger partial charge in [0.05, 0.1) is 6.42 Å². The van der Waals surface area contributed by atoms with Gasteiger partial charge in [-0.25, -0.2) is 0 Å². The summed E-state index contributed by atoms with van der Waals surface area (Å²) in [7, 11) is 3.45. The van der Waals surface area contributed by atoms with E-state index in [1.807, 2.05) is 19.1 Å². The Labute approximate surface area is 168 Å². The van der Waals surface area contributed by atoms with E-state index in [0.29, 0.717) is 18.5 Å². The van der Waals surface area contributed by atoms with Gasteiger partial charge in [0, 0.05) is 39.6 Å². The Morgan fingerprint density at radius 1 is 1.29 bits per heavy atom. The van der Waals surface area contributed by atoms with Crippen LogP contribution < -0.4 is 5.32 Å². The number of phenolic OH excluding ortho intramolecular Hbond substituents is 1. The summed E-state index contributed by atoms with van der Waals surface area (Å²) in [6.45, 7) is 4.74. The molecule has 2 fully saturated rings. The molecule has 1 amide bonds.